The smallest absolute Gasteiger partial charge is 0.246 e. The van der Waals surface area contributed by atoms with Crippen molar-refractivity contribution < 1.29 is 67.7 Å². The molecule has 4 aromatic carbocycles. The van der Waals surface area contributed by atoms with Gasteiger partial charge in [0.2, 0.25) is 70.9 Å². The highest BCUT2D eigenvalue weighted by molar-refractivity contribution is 6.01. The number of primary amides is 3. The number of nitrogens with one attached hydrogen (secondary N) is 9. The number of nitrogens with two attached hydrogens (primary N) is 6. The average Bonchev–Trinajstić information content (AvgIpc) is 1.78. The molecule has 0 aliphatic heterocycles. The van der Waals surface area contributed by atoms with Crippen LogP contribution in [0.5, 0.6) is 5.75 Å². The van der Waals surface area contributed by atoms with Crippen molar-refractivity contribution in [3.8, 4) is 5.75 Å². The van der Waals surface area contributed by atoms with Gasteiger partial charge in [-0.05, 0) is 72.1 Å². The van der Waals surface area contributed by atoms with Gasteiger partial charge >= 0.3 is 0 Å². The van der Waals surface area contributed by atoms with E-state index >= 15 is 0 Å². The van der Waals surface area contributed by atoms with Crippen molar-refractivity contribution in [1.82, 2.24) is 52.4 Å². The molecular formula is C64H85N17O14. The molecule has 0 unspecified atom stereocenters. The number of para-hydroxylation sites is 1. The number of benzene rings is 4. The van der Waals surface area contributed by atoms with Crippen molar-refractivity contribution in [2.24, 2.45) is 45.3 Å². The minimum absolute atomic E-state index is 0.00372. The normalized spacial score (nSPS) is 13.9. The summed E-state index contributed by atoms with van der Waals surface area (Å²) in [5, 5.41) is 40.8. The molecule has 23 N–H and O–H groups in total. The summed E-state index contributed by atoms with van der Waals surface area (Å²) in [5.74, 6) is -12.3. The number of carbonyl (C=O) groups excluding carboxylic acids is 12. The molecule has 0 aliphatic rings. The first-order chi connectivity index (χ1) is 45.1. The maximum atomic E-state index is 14.5. The van der Waals surface area contributed by atoms with Gasteiger partial charge in [0.25, 0.3) is 0 Å². The van der Waals surface area contributed by atoms with E-state index < -0.39 is 151 Å². The number of aromatic nitrogens is 1. The largest absolute Gasteiger partial charge is 0.508 e. The van der Waals surface area contributed by atoms with E-state index in [0.717, 1.165) is 4.90 Å². The van der Waals surface area contributed by atoms with Gasteiger partial charge in [-0.15, -0.1) is 0 Å². The summed E-state index contributed by atoms with van der Waals surface area (Å²) < 4.78 is 0. The second-order valence-corrected chi connectivity index (χ2v) is 23.1. The highest BCUT2D eigenvalue weighted by Gasteiger charge is 2.37. The zero-order valence-electron chi connectivity index (χ0n) is 52.9. The Balaban J connectivity index is 1.32. The number of fused-ring (bicyclic) bond motifs is 1. The van der Waals surface area contributed by atoms with Gasteiger partial charge in [-0.1, -0.05) is 105 Å². The van der Waals surface area contributed by atoms with Crippen molar-refractivity contribution in [2.45, 2.75) is 133 Å². The third-order valence-corrected chi connectivity index (χ3v) is 14.9. The molecule has 0 aliphatic carbocycles. The fraction of sp³-hybridized carbons (Fsp3) is 0.391. The second kappa shape index (κ2) is 36.9. The van der Waals surface area contributed by atoms with Crippen LogP contribution in [0.25, 0.3) is 10.9 Å². The fourth-order valence-electron chi connectivity index (χ4n) is 10.1. The standard InChI is InChI=1S/C64H85N17O14/c1-35(2)25-48(63(95)81(3)50(19-12-24-71-64(69)70)62(94)74-44(56(68)88)27-36-13-6-4-7-14-36)73-54(86)32-55(87)79-53(28-37-15-8-5-9-16-37)80-61(93)49(34-82)78-60(92)47(31-52(67)85)77-58(90)45(29-39-33-72-43-18-11-10-17-41(39)43)76-59(91)46(30-51(66)84)75-57(89)42(65)26-38-20-22-40(83)23-21-38/h4-11,13-18,20-23,33,35,42,44-50,53,72,82-83H,12,19,24-32,34,65H2,1-3H3,(H2,66,84)(H2,67,85)(H2,68,88)(H,73,86)(H,74,94)(H,75,89)(H,76,91)(H,77,90)(H,78,92)(H,79,87)(H,80,93)(H4,69,70,71)/t42-,44+,45+,46+,47+,48+,49+,50+,53+/m1/s1. The van der Waals surface area contributed by atoms with Gasteiger partial charge in [0.1, 0.15) is 60.6 Å². The van der Waals surface area contributed by atoms with E-state index in [1.807, 2.05) is 0 Å². The molecular weight excluding hydrogens is 1230 g/mol. The molecule has 95 heavy (non-hydrogen) atoms. The van der Waals surface area contributed by atoms with Gasteiger partial charge in [-0.3, -0.25) is 62.5 Å². The van der Waals surface area contributed by atoms with E-state index in [-0.39, 0.29) is 69.1 Å². The van der Waals surface area contributed by atoms with E-state index in [2.05, 4.69) is 52.5 Å². The van der Waals surface area contributed by atoms with Crippen LogP contribution in [0, 0.1) is 5.92 Å². The topological polar surface area (TPSA) is 529 Å². The summed E-state index contributed by atoms with van der Waals surface area (Å²) in [5.41, 5.74) is 36.8. The number of aromatic amines is 1. The number of hydrogen-bond donors (Lipinski definition) is 17. The minimum Gasteiger partial charge on any atom is -0.508 e. The monoisotopic (exact) mass is 1320 g/mol. The van der Waals surface area contributed by atoms with E-state index in [0.29, 0.717) is 33.2 Å². The molecule has 0 spiro atoms. The van der Waals surface area contributed by atoms with E-state index in [9.17, 15) is 67.7 Å². The van der Waals surface area contributed by atoms with Crippen LogP contribution in [0.1, 0.15) is 74.6 Å². The van der Waals surface area contributed by atoms with E-state index in [1.165, 1.54) is 31.3 Å². The number of nitrogens with zero attached hydrogens (tertiary/aromatic N) is 2. The molecule has 1 aromatic heterocycles. The number of guanidine groups is 1. The van der Waals surface area contributed by atoms with Gasteiger partial charge in [-0.25, -0.2) is 0 Å². The molecule has 1 heterocycles. The molecule has 0 saturated carbocycles. The maximum Gasteiger partial charge on any atom is 0.246 e. The molecule has 5 rings (SSSR count). The van der Waals surface area contributed by atoms with Gasteiger partial charge < -0.3 is 97.0 Å². The zero-order chi connectivity index (χ0) is 69.9. The predicted octanol–water partition coefficient (Wildman–Crippen LogP) is -3.52. The van der Waals surface area contributed by atoms with Crippen molar-refractivity contribution in [1.29, 1.82) is 0 Å². The van der Waals surface area contributed by atoms with Crippen molar-refractivity contribution in [3.63, 3.8) is 0 Å². The average molecular weight is 1320 g/mol. The van der Waals surface area contributed by atoms with Crippen LogP contribution < -0.4 is 76.9 Å². The number of likely N-dealkylation sites (N-methyl/N-ethyl adjacent to an activating group) is 1. The lowest BCUT2D eigenvalue weighted by atomic mass is 10.00. The second-order valence-electron chi connectivity index (χ2n) is 23.1. The van der Waals surface area contributed by atoms with Crippen molar-refractivity contribution >= 4 is 87.7 Å². The Morgan fingerprint density at radius 3 is 1.61 bits per heavy atom. The maximum absolute atomic E-state index is 14.5. The first kappa shape index (κ1) is 74.8. The van der Waals surface area contributed by atoms with Crippen LogP contribution in [0.2, 0.25) is 0 Å². The van der Waals surface area contributed by atoms with Crippen LogP contribution in [-0.4, -0.2) is 172 Å². The number of aliphatic hydroxyl groups excluding tert-OH is 1. The Hall–Kier alpha value is -11.0. The number of aliphatic imine (C=N–C) groups is 1. The van der Waals surface area contributed by atoms with Crippen LogP contribution >= 0.6 is 0 Å². The summed E-state index contributed by atoms with van der Waals surface area (Å²) in [4.78, 5) is 172. The number of H-pyrrole nitrogens is 1. The zero-order valence-corrected chi connectivity index (χ0v) is 52.9. The molecule has 12 amide bonds. The van der Waals surface area contributed by atoms with Crippen molar-refractivity contribution in [2.75, 3.05) is 20.2 Å². The van der Waals surface area contributed by atoms with Gasteiger partial charge in [-0.2, -0.15) is 0 Å². The van der Waals surface area contributed by atoms with E-state index in [4.69, 9.17) is 34.4 Å². The predicted molar refractivity (Wildman–Crippen MR) is 348 cm³/mol. The summed E-state index contributed by atoms with van der Waals surface area (Å²) >= 11 is 0. The van der Waals surface area contributed by atoms with Gasteiger partial charge in [0.15, 0.2) is 5.96 Å². The highest BCUT2D eigenvalue weighted by Crippen LogP contribution is 2.21. The Morgan fingerprint density at radius 1 is 0.537 bits per heavy atom. The summed E-state index contributed by atoms with van der Waals surface area (Å²) in [6, 6.07) is 17.7. The Bertz CT molecular complexity index is 3510. The van der Waals surface area contributed by atoms with Crippen LogP contribution in [0.4, 0.5) is 0 Å². The molecule has 31 heteroatoms. The van der Waals surface area contributed by atoms with Crippen LogP contribution in [0.3, 0.4) is 0 Å². The molecule has 0 saturated heterocycles. The molecule has 0 fully saturated rings. The quantitative estimate of drug-likeness (QED) is 0.00599. The molecule has 0 radical (unpaired) electrons. The number of aliphatic hydroxyl groups is 1. The number of carbonyl (C=O) groups is 12. The lowest BCUT2D eigenvalue weighted by Crippen LogP contribution is -2.61. The minimum atomic E-state index is -1.90. The first-order valence-electron chi connectivity index (χ1n) is 30.5. The van der Waals surface area contributed by atoms with E-state index in [1.54, 1.807) is 105 Å². The number of amides is 12. The third-order valence-electron chi connectivity index (χ3n) is 14.9. The number of aromatic hydroxyl groups is 1. The molecule has 5 aromatic rings. The lowest BCUT2D eigenvalue weighted by Gasteiger charge is -2.32. The SMILES string of the molecule is CC(C)C[C@H](NC(=O)CC(=O)N[C@H](Cc1ccccc1)NC(=O)[C@H](CO)NC(=O)[C@H](CC(N)=O)NC(=O)[C@H](Cc1c[nH]c2ccccc12)NC(=O)[C@H](CC(N)=O)NC(=O)[C@H](N)Cc1ccc(O)cc1)C(=O)N(C)[C@@H](CCCN=C(N)N)C(=O)N[C@@H](Cc1ccccc1)C(N)=O. The van der Waals surface area contributed by atoms with Crippen molar-refractivity contribution in [3.05, 3.63) is 138 Å². The highest BCUT2D eigenvalue weighted by atomic mass is 16.3. The number of phenolic OH excluding ortho intramolecular Hbond substituents is 1. The lowest BCUT2D eigenvalue weighted by molar-refractivity contribution is -0.143. The van der Waals surface area contributed by atoms with Gasteiger partial charge in [0, 0.05) is 50.0 Å². The summed E-state index contributed by atoms with van der Waals surface area (Å²) in [6.45, 7) is 2.52. The number of rotatable bonds is 38. The van der Waals surface area contributed by atoms with Gasteiger partial charge in [0.05, 0.1) is 25.5 Å². The molecule has 0 bridgehead atoms. The summed E-state index contributed by atoms with van der Waals surface area (Å²) in [6.07, 6.45) is -2.62. The Labute approximate surface area is 547 Å². The number of phenols is 1. The first-order valence-corrected chi connectivity index (χ1v) is 30.5. The number of hydrogen-bond acceptors (Lipinski definition) is 16. The summed E-state index contributed by atoms with van der Waals surface area (Å²) in [7, 11) is 1.34. The molecule has 510 valence electrons. The molecule has 9 atom stereocenters. The van der Waals surface area contributed by atoms with Crippen LogP contribution in [-0.2, 0) is 83.2 Å². The molecule has 31 nitrogen and oxygen atoms in total. The third kappa shape index (κ3) is 24.9. The Kier molecular flexibility index (Phi) is 29.1. The fourth-order valence-corrected chi connectivity index (χ4v) is 10.1. The Morgan fingerprint density at radius 2 is 1.04 bits per heavy atom. The van der Waals surface area contributed by atoms with Crippen LogP contribution in [0.15, 0.2) is 120 Å².